The number of aryl methyl sites for hydroxylation is 1. The van der Waals surface area contributed by atoms with E-state index in [1.807, 2.05) is 31.2 Å². The Balaban J connectivity index is 2.11. The number of halogens is 1. The molecule has 1 aliphatic rings. The maximum atomic E-state index is 13.3. The van der Waals surface area contributed by atoms with Crippen LogP contribution < -0.4 is 5.73 Å². The zero-order chi connectivity index (χ0) is 19.1. The molecule has 2 N–H and O–H groups in total. The molecule has 0 bridgehead atoms. The van der Waals surface area contributed by atoms with Crippen molar-refractivity contribution in [3.8, 4) is 0 Å². The maximum Gasteiger partial charge on any atom is 0.182 e. The van der Waals surface area contributed by atoms with Crippen LogP contribution in [-0.2, 0) is 14.6 Å². The molecule has 0 aromatic heterocycles. The number of hydrogen-bond acceptors (Lipinski definition) is 4. The molecule has 0 amide bonds. The highest BCUT2D eigenvalue weighted by Crippen LogP contribution is 2.64. The summed E-state index contributed by atoms with van der Waals surface area (Å²) in [4.78, 5) is 0.366. The van der Waals surface area contributed by atoms with Gasteiger partial charge in [0.1, 0.15) is 0 Å². The summed E-state index contributed by atoms with van der Waals surface area (Å²) in [6.45, 7) is 2.13. The first-order valence-electron chi connectivity index (χ1n) is 8.10. The first-order chi connectivity index (χ1) is 12.2. The van der Waals surface area contributed by atoms with Gasteiger partial charge in [-0.1, -0.05) is 53.6 Å². The molecule has 1 saturated carbocycles. The highest BCUT2D eigenvalue weighted by atomic mass is 35.5. The molecule has 0 spiro atoms. The first kappa shape index (κ1) is 19.3. The molecule has 4 nitrogen and oxygen atoms in total. The highest BCUT2D eigenvalue weighted by molar-refractivity contribution is 7.92. The highest BCUT2D eigenvalue weighted by Gasteiger charge is 2.73. The molecule has 0 saturated heterocycles. The summed E-state index contributed by atoms with van der Waals surface area (Å²) < 4.78 is 32.0. The Morgan fingerprint density at radius 2 is 1.77 bits per heavy atom. The monoisotopic (exact) mass is 409 g/mol. The lowest BCUT2D eigenvalue weighted by Gasteiger charge is -2.16. The van der Waals surface area contributed by atoms with E-state index < -0.39 is 20.5 Å². The van der Waals surface area contributed by atoms with Gasteiger partial charge >= 0.3 is 0 Å². The maximum absolute atomic E-state index is 13.3. The topological polar surface area (TPSA) is 69.4 Å². The van der Waals surface area contributed by atoms with Crippen LogP contribution in [0.5, 0.6) is 0 Å². The standard InChI is InChI=1S/C19H20ClNO3S2/c1-12-3-5-13(6-4-12)16-17(19(16,11-24-2)18(21)25)26(22,23)15-9-7-14(20)8-10-15/h3-10,16-17H,11H2,1-2H3,(H2,21,25)/t16-,17+,19-/m0/s1. The minimum atomic E-state index is -3.67. The number of thiocarbonyl (C=S) groups is 1. The molecule has 26 heavy (non-hydrogen) atoms. The van der Waals surface area contributed by atoms with Gasteiger partial charge in [-0.05, 0) is 36.8 Å². The molecule has 3 atom stereocenters. The molecule has 0 heterocycles. The second-order valence-electron chi connectivity index (χ2n) is 6.65. The van der Waals surface area contributed by atoms with E-state index in [1.165, 1.54) is 19.2 Å². The third kappa shape index (κ3) is 3.05. The number of rotatable bonds is 6. The Labute approximate surface area is 164 Å². The molecule has 1 fully saturated rings. The Morgan fingerprint density at radius 1 is 1.19 bits per heavy atom. The van der Waals surface area contributed by atoms with Crippen LogP contribution in [0.1, 0.15) is 17.0 Å². The minimum Gasteiger partial charge on any atom is -0.393 e. The lowest BCUT2D eigenvalue weighted by atomic mass is 9.99. The first-order valence-corrected chi connectivity index (χ1v) is 10.4. The third-order valence-corrected chi connectivity index (χ3v) is 7.93. The fourth-order valence-electron chi connectivity index (χ4n) is 3.65. The number of methoxy groups -OCH3 is 1. The third-order valence-electron chi connectivity index (χ3n) is 5.01. The van der Waals surface area contributed by atoms with Crippen LogP contribution in [0.4, 0.5) is 0 Å². The normalized spacial score (nSPS) is 25.0. The van der Waals surface area contributed by atoms with Gasteiger partial charge in [0.2, 0.25) is 0 Å². The molecule has 2 aromatic carbocycles. The zero-order valence-electron chi connectivity index (χ0n) is 14.5. The van der Waals surface area contributed by atoms with Crippen molar-refractivity contribution < 1.29 is 13.2 Å². The molecule has 0 aliphatic heterocycles. The largest absolute Gasteiger partial charge is 0.393 e. The van der Waals surface area contributed by atoms with E-state index in [-0.39, 0.29) is 22.4 Å². The summed E-state index contributed by atoms with van der Waals surface area (Å²) in [5.41, 5.74) is 7.10. The number of sulfone groups is 1. The van der Waals surface area contributed by atoms with Crippen molar-refractivity contribution in [1.82, 2.24) is 0 Å². The fourth-order valence-corrected chi connectivity index (χ4v) is 6.55. The SMILES string of the molecule is COC[C@@]1(C(N)=S)[C@H](S(=O)(=O)c2ccc(Cl)cc2)[C@@H]1c1ccc(C)cc1. The predicted molar refractivity (Wildman–Crippen MR) is 107 cm³/mol. The van der Waals surface area contributed by atoms with Gasteiger partial charge in [0.25, 0.3) is 0 Å². The van der Waals surface area contributed by atoms with E-state index in [9.17, 15) is 8.42 Å². The lowest BCUT2D eigenvalue weighted by Crippen LogP contribution is -2.33. The second kappa shape index (κ2) is 6.93. The van der Waals surface area contributed by atoms with Crippen LogP contribution >= 0.6 is 23.8 Å². The van der Waals surface area contributed by atoms with Gasteiger partial charge in [0.05, 0.1) is 27.2 Å². The molecule has 138 valence electrons. The van der Waals surface area contributed by atoms with E-state index in [4.69, 9.17) is 34.3 Å². The Morgan fingerprint density at radius 3 is 2.27 bits per heavy atom. The van der Waals surface area contributed by atoms with Crippen molar-refractivity contribution in [2.45, 2.75) is 23.0 Å². The van der Waals surface area contributed by atoms with E-state index in [0.717, 1.165) is 11.1 Å². The lowest BCUT2D eigenvalue weighted by molar-refractivity contribution is 0.166. The molecule has 1 aliphatic carbocycles. The van der Waals surface area contributed by atoms with Crippen molar-refractivity contribution in [3.05, 3.63) is 64.7 Å². The van der Waals surface area contributed by atoms with Crippen LogP contribution in [0.2, 0.25) is 5.02 Å². The van der Waals surface area contributed by atoms with E-state index >= 15 is 0 Å². The number of nitrogens with two attached hydrogens (primary N) is 1. The summed E-state index contributed by atoms with van der Waals surface area (Å²) in [6.07, 6.45) is 0. The zero-order valence-corrected chi connectivity index (χ0v) is 16.9. The van der Waals surface area contributed by atoms with Gasteiger partial charge in [0, 0.05) is 18.1 Å². The summed E-state index contributed by atoms with van der Waals surface area (Å²) in [6, 6.07) is 13.9. The van der Waals surface area contributed by atoms with Crippen molar-refractivity contribution >= 4 is 38.6 Å². The summed E-state index contributed by atoms with van der Waals surface area (Å²) in [5, 5.41) is -0.288. The van der Waals surface area contributed by atoms with Gasteiger partial charge in [-0.25, -0.2) is 8.42 Å². The smallest absolute Gasteiger partial charge is 0.182 e. The molecular weight excluding hydrogens is 390 g/mol. The van der Waals surface area contributed by atoms with Crippen LogP contribution in [0, 0.1) is 12.3 Å². The van der Waals surface area contributed by atoms with Crippen molar-refractivity contribution in [2.24, 2.45) is 11.1 Å². The van der Waals surface area contributed by atoms with Crippen molar-refractivity contribution in [2.75, 3.05) is 13.7 Å². The van der Waals surface area contributed by atoms with Crippen LogP contribution in [0.3, 0.4) is 0 Å². The van der Waals surface area contributed by atoms with E-state index in [1.54, 1.807) is 12.1 Å². The molecule has 7 heteroatoms. The minimum absolute atomic E-state index is 0.151. The van der Waals surface area contributed by atoms with Crippen LogP contribution in [0.15, 0.2) is 53.4 Å². The molecule has 2 aromatic rings. The van der Waals surface area contributed by atoms with Gasteiger partial charge in [0.15, 0.2) is 9.84 Å². The molecule has 0 radical (unpaired) electrons. The Bertz CT molecular complexity index is 926. The average molecular weight is 410 g/mol. The van der Waals surface area contributed by atoms with Crippen LogP contribution in [-0.4, -0.2) is 32.4 Å². The summed E-state index contributed by atoms with van der Waals surface area (Å²) in [7, 11) is -2.15. The van der Waals surface area contributed by atoms with Crippen molar-refractivity contribution in [1.29, 1.82) is 0 Å². The van der Waals surface area contributed by atoms with Crippen molar-refractivity contribution in [3.63, 3.8) is 0 Å². The Kier molecular flexibility index (Phi) is 5.14. The molecule has 3 rings (SSSR count). The number of hydrogen-bond donors (Lipinski definition) is 1. The number of benzene rings is 2. The fraction of sp³-hybridized carbons (Fsp3) is 0.316. The van der Waals surface area contributed by atoms with Crippen LogP contribution in [0.25, 0.3) is 0 Å². The molecule has 0 unspecified atom stereocenters. The average Bonchev–Trinajstić information content (AvgIpc) is 3.27. The molecular formula is C19H20ClNO3S2. The van der Waals surface area contributed by atoms with Gasteiger partial charge in [-0.3, -0.25) is 0 Å². The summed E-state index contributed by atoms with van der Waals surface area (Å²) >= 11 is 11.2. The Hall–Kier alpha value is -1.47. The predicted octanol–water partition coefficient (Wildman–Crippen LogP) is 3.51. The summed E-state index contributed by atoms with van der Waals surface area (Å²) in [5.74, 6) is -0.346. The van der Waals surface area contributed by atoms with E-state index in [2.05, 4.69) is 0 Å². The van der Waals surface area contributed by atoms with Gasteiger partial charge in [-0.2, -0.15) is 0 Å². The quantitative estimate of drug-likeness (QED) is 0.739. The second-order valence-corrected chi connectivity index (χ2v) is 9.59. The van der Waals surface area contributed by atoms with Gasteiger partial charge < -0.3 is 10.5 Å². The number of ether oxygens (including phenoxy) is 1. The van der Waals surface area contributed by atoms with Gasteiger partial charge in [-0.15, -0.1) is 0 Å². The van der Waals surface area contributed by atoms with E-state index in [0.29, 0.717) is 5.02 Å².